The van der Waals surface area contributed by atoms with Gasteiger partial charge in [-0.1, -0.05) is 0 Å². The van der Waals surface area contributed by atoms with Crippen molar-refractivity contribution in [1.82, 2.24) is 10.6 Å². The zero-order chi connectivity index (χ0) is 22.3. The molecule has 1 atom stereocenters. The molecule has 2 amide bonds. The number of carbonyl (C=O) groups excluding carboxylic acids is 2. The van der Waals surface area contributed by atoms with E-state index in [0.29, 0.717) is 46.2 Å². The molecule has 0 saturated carbocycles. The summed E-state index contributed by atoms with van der Waals surface area (Å²) in [4.78, 5) is 22.0. The first-order valence-corrected chi connectivity index (χ1v) is 11.0. The Bertz CT molecular complexity index is 415. The standard InChI is InChI=1S/C21H41FN2O6/c1-3-27-18-21(26)23-10-6-4-7-11-28-14-15-29-12-8-5-9-13-30-17-20(22)16-24-19(2)25/h20H,3-18H2,1-2H3,(H,23,26)(H,24,25). The molecule has 0 aromatic carbocycles. The number of hydrogen-bond donors (Lipinski definition) is 2. The van der Waals surface area contributed by atoms with Gasteiger partial charge in [0.2, 0.25) is 11.8 Å². The minimum Gasteiger partial charge on any atom is -0.379 e. The molecule has 9 heteroatoms. The highest BCUT2D eigenvalue weighted by molar-refractivity contribution is 5.77. The van der Waals surface area contributed by atoms with Gasteiger partial charge in [-0.3, -0.25) is 9.59 Å². The SMILES string of the molecule is CCOCC(=O)NCCCCCOCCOCCCCCOCC(F)CNC(C)=O. The third-order valence-corrected chi connectivity index (χ3v) is 4.05. The van der Waals surface area contributed by atoms with E-state index in [0.717, 1.165) is 38.5 Å². The molecule has 0 rings (SSSR count). The van der Waals surface area contributed by atoms with Gasteiger partial charge in [-0.2, -0.15) is 0 Å². The van der Waals surface area contributed by atoms with Gasteiger partial charge in [0, 0.05) is 39.9 Å². The van der Waals surface area contributed by atoms with E-state index < -0.39 is 6.17 Å². The third-order valence-electron chi connectivity index (χ3n) is 4.05. The van der Waals surface area contributed by atoms with Crippen molar-refractivity contribution >= 4 is 11.8 Å². The fourth-order valence-electron chi connectivity index (χ4n) is 2.41. The number of ether oxygens (including phenoxy) is 4. The molecule has 1 unspecified atom stereocenters. The predicted molar refractivity (Wildman–Crippen MR) is 113 cm³/mol. The number of halogens is 1. The van der Waals surface area contributed by atoms with E-state index in [1.165, 1.54) is 6.92 Å². The van der Waals surface area contributed by atoms with Crippen LogP contribution in [0.2, 0.25) is 0 Å². The van der Waals surface area contributed by atoms with Crippen LogP contribution in [0.25, 0.3) is 0 Å². The van der Waals surface area contributed by atoms with E-state index in [-0.39, 0.29) is 31.6 Å². The molecule has 8 nitrogen and oxygen atoms in total. The Labute approximate surface area is 180 Å². The van der Waals surface area contributed by atoms with Gasteiger partial charge >= 0.3 is 0 Å². The monoisotopic (exact) mass is 436 g/mol. The van der Waals surface area contributed by atoms with Crippen LogP contribution in [-0.4, -0.2) is 83.9 Å². The molecule has 0 aromatic rings. The molecule has 0 spiro atoms. The van der Waals surface area contributed by atoms with E-state index in [9.17, 15) is 14.0 Å². The zero-order valence-corrected chi connectivity index (χ0v) is 18.7. The van der Waals surface area contributed by atoms with Crippen molar-refractivity contribution in [2.75, 3.05) is 65.9 Å². The molecule has 2 N–H and O–H groups in total. The Morgan fingerprint density at radius 1 is 0.800 bits per heavy atom. The minimum atomic E-state index is -1.16. The lowest BCUT2D eigenvalue weighted by Gasteiger charge is -2.09. The number of rotatable bonds is 22. The fourth-order valence-corrected chi connectivity index (χ4v) is 2.41. The van der Waals surface area contributed by atoms with Crippen LogP contribution in [-0.2, 0) is 28.5 Å². The van der Waals surface area contributed by atoms with Crippen molar-refractivity contribution in [1.29, 1.82) is 0 Å². The molecule has 178 valence electrons. The Morgan fingerprint density at radius 2 is 1.40 bits per heavy atom. The highest BCUT2D eigenvalue weighted by Crippen LogP contribution is 1.99. The van der Waals surface area contributed by atoms with Crippen molar-refractivity contribution in [3.05, 3.63) is 0 Å². The van der Waals surface area contributed by atoms with E-state index in [1.54, 1.807) is 0 Å². The first-order valence-electron chi connectivity index (χ1n) is 11.0. The van der Waals surface area contributed by atoms with E-state index >= 15 is 0 Å². The quantitative estimate of drug-likeness (QED) is 0.252. The summed E-state index contributed by atoms with van der Waals surface area (Å²) < 4.78 is 34.6. The van der Waals surface area contributed by atoms with Gasteiger partial charge in [0.25, 0.3) is 0 Å². The van der Waals surface area contributed by atoms with Gasteiger partial charge in [-0.05, 0) is 45.4 Å². The second-order valence-electron chi connectivity index (χ2n) is 6.94. The van der Waals surface area contributed by atoms with Crippen LogP contribution in [0.15, 0.2) is 0 Å². The molecule has 0 saturated heterocycles. The second kappa shape index (κ2) is 22.4. The van der Waals surface area contributed by atoms with Crippen LogP contribution in [0, 0.1) is 0 Å². The maximum atomic E-state index is 13.3. The van der Waals surface area contributed by atoms with Gasteiger partial charge in [0.15, 0.2) is 0 Å². The van der Waals surface area contributed by atoms with Gasteiger partial charge in [0.05, 0.1) is 26.4 Å². The summed E-state index contributed by atoms with van der Waals surface area (Å²) in [5, 5.41) is 5.24. The number of carbonyl (C=O) groups is 2. The summed E-state index contributed by atoms with van der Waals surface area (Å²) >= 11 is 0. The molecule has 0 fully saturated rings. The molecule has 0 radical (unpaired) electrons. The molecule has 0 aliphatic rings. The van der Waals surface area contributed by atoms with Crippen LogP contribution < -0.4 is 10.6 Å². The van der Waals surface area contributed by atoms with Crippen LogP contribution >= 0.6 is 0 Å². The molecule has 0 heterocycles. The van der Waals surface area contributed by atoms with E-state index in [1.807, 2.05) is 6.92 Å². The highest BCUT2D eigenvalue weighted by atomic mass is 19.1. The lowest BCUT2D eigenvalue weighted by molar-refractivity contribution is -0.125. The maximum Gasteiger partial charge on any atom is 0.245 e. The number of amides is 2. The van der Waals surface area contributed by atoms with Gasteiger partial charge in [-0.15, -0.1) is 0 Å². The molecule has 0 aliphatic heterocycles. The van der Waals surface area contributed by atoms with Crippen molar-refractivity contribution in [2.45, 2.75) is 58.5 Å². The summed E-state index contributed by atoms with van der Waals surface area (Å²) in [6.07, 6.45) is 4.50. The van der Waals surface area contributed by atoms with Crippen molar-refractivity contribution in [3.63, 3.8) is 0 Å². The van der Waals surface area contributed by atoms with E-state index in [4.69, 9.17) is 18.9 Å². The van der Waals surface area contributed by atoms with Crippen molar-refractivity contribution in [3.8, 4) is 0 Å². The van der Waals surface area contributed by atoms with Crippen LogP contribution in [0.5, 0.6) is 0 Å². The maximum absolute atomic E-state index is 13.3. The molecular formula is C21H41FN2O6. The Balaban J connectivity index is 3.14. The van der Waals surface area contributed by atoms with Crippen LogP contribution in [0.1, 0.15) is 52.4 Å². The van der Waals surface area contributed by atoms with Crippen LogP contribution in [0.3, 0.4) is 0 Å². The summed E-state index contributed by atoms with van der Waals surface area (Å²) in [6, 6.07) is 0. The first-order chi connectivity index (χ1) is 14.6. The number of unbranched alkanes of at least 4 members (excludes halogenated alkanes) is 4. The zero-order valence-electron chi connectivity index (χ0n) is 18.7. The van der Waals surface area contributed by atoms with Crippen molar-refractivity contribution < 1.29 is 32.9 Å². The Hall–Kier alpha value is -1.29. The van der Waals surface area contributed by atoms with Gasteiger partial charge in [0.1, 0.15) is 12.8 Å². The smallest absolute Gasteiger partial charge is 0.245 e. The number of alkyl halides is 1. The molecule has 0 aliphatic carbocycles. The minimum absolute atomic E-state index is 0.00157. The molecule has 30 heavy (non-hydrogen) atoms. The first kappa shape index (κ1) is 28.7. The normalized spacial score (nSPS) is 12.0. The van der Waals surface area contributed by atoms with Crippen molar-refractivity contribution in [2.24, 2.45) is 0 Å². The summed E-state index contributed by atoms with van der Waals surface area (Å²) in [7, 11) is 0. The largest absolute Gasteiger partial charge is 0.379 e. The molecule has 0 bridgehead atoms. The summed E-state index contributed by atoms with van der Waals surface area (Å²) in [6.45, 7) is 7.64. The highest BCUT2D eigenvalue weighted by Gasteiger charge is 2.06. The molecular weight excluding hydrogens is 395 g/mol. The second-order valence-corrected chi connectivity index (χ2v) is 6.94. The van der Waals surface area contributed by atoms with Gasteiger partial charge < -0.3 is 29.6 Å². The number of hydrogen-bond acceptors (Lipinski definition) is 6. The van der Waals surface area contributed by atoms with E-state index in [2.05, 4.69) is 10.6 Å². The average Bonchev–Trinajstić information content (AvgIpc) is 2.72. The fraction of sp³-hybridized carbons (Fsp3) is 0.905. The predicted octanol–water partition coefficient (Wildman–Crippen LogP) is 2.00. The Morgan fingerprint density at radius 3 is 2.00 bits per heavy atom. The summed E-state index contributed by atoms with van der Waals surface area (Å²) in [5.41, 5.74) is 0. The topological polar surface area (TPSA) is 95.1 Å². The third kappa shape index (κ3) is 23.0. The Kier molecular flexibility index (Phi) is 21.4. The lowest BCUT2D eigenvalue weighted by atomic mass is 10.2. The molecule has 0 aromatic heterocycles. The lowest BCUT2D eigenvalue weighted by Crippen LogP contribution is -2.30. The summed E-state index contributed by atoms with van der Waals surface area (Å²) in [5.74, 6) is -0.302. The average molecular weight is 437 g/mol. The van der Waals surface area contributed by atoms with Crippen LogP contribution in [0.4, 0.5) is 4.39 Å². The van der Waals surface area contributed by atoms with Gasteiger partial charge in [-0.25, -0.2) is 4.39 Å². The number of nitrogens with one attached hydrogen (secondary N) is 2.